The predicted octanol–water partition coefficient (Wildman–Crippen LogP) is 3.86. The molecule has 2 N–H and O–H groups in total. The number of ether oxygens (including phenoxy) is 1. The van der Waals surface area contributed by atoms with Gasteiger partial charge in [-0.15, -0.1) is 0 Å². The first-order valence-corrected chi connectivity index (χ1v) is 11.0. The number of hydrogen-bond donors (Lipinski definition) is 2. The third kappa shape index (κ3) is 5.56. The number of rotatable bonds is 8. The number of carbonyl (C=O) groups is 1. The smallest absolute Gasteiger partial charge is 0.255 e. The summed E-state index contributed by atoms with van der Waals surface area (Å²) in [5.74, 6) is -0.0706. The highest BCUT2D eigenvalue weighted by Crippen LogP contribution is 2.28. The lowest BCUT2D eigenvalue weighted by Gasteiger charge is -2.14. The number of benzene rings is 2. The van der Waals surface area contributed by atoms with Crippen molar-refractivity contribution in [1.29, 1.82) is 0 Å². The van der Waals surface area contributed by atoms with Crippen LogP contribution in [0, 0.1) is 0 Å². The van der Waals surface area contributed by atoms with E-state index in [1.54, 1.807) is 49.6 Å². The van der Waals surface area contributed by atoms with E-state index in [0.717, 1.165) is 5.56 Å². The number of pyridine rings is 1. The van der Waals surface area contributed by atoms with E-state index in [4.69, 9.17) is 16.3 Å². The summed E-state index contributed by atoms with van der Waals surface area (Å²) < 4.78 is 33.5. The van der Waals surface area contributed by atoms with Crippen molar-refractivity contribution in [3.8, 4) is 5.75 Å². The quantitative estimate of drug-likeness (QED) is 0.548. The maximum absolute atomic E-state index is 12.7. The minimum atomic E-state index is -3.82. The first-order valence-electron chi connectivity index (χ1n) is 9.11. The average Bonchev–Trinajstić information content (AvgIpc) is 2.74. The van der Waals surface area contributed by atoms with Gasteiger partial charge in [0.25, 0.3) is 5.91 Å². The third-order valence-electron chi connectivity index (χ3n) is 4.11. The number of anilines is 1. The second kappa shape index (κ2) is 9.71. The highest BCUT2D eigenvalue weighted by atomic mass is 35.5. The van der Waals surface area contributed by atoms with E-state index in [-0.39, 0.29) is 17.1 Å². The Morgan fingerprint density at radius 1 is 1.10 bits per heavy atom. The summed E-state index contributed by atoms with van der Waals surface area (Å²) in [6.07, 6.45) is 3.17. The monoisotopic (exact) mass is 445 g/mol. The molecule has 0 aliphatic heterocycles. The van der Waals surface area contributed by atoms with Gasteiger partial charge in [-0.25, -0.2) is 13.1 Å². The number of halogens is 1. The largest absolute Gasteiger partial charge is 0.492 e. The van der Waals surface area contributed by atoms with Gasteiger partial charge in [0.2, 0.25) is 10.0 Å². The highest BCUT2D eigenvalue weighted by molar-refractivity contribution is 7.89. The van der Waals surface area contributed by atoms with Crippen molar-refractivity contribution in [2.45, 2.75) is 18.4 Å². The van der Waals surface area contributed by atoms with Crippen LogP contribution in [0.4, 0.5) is 5.69 Å². The molecule has 0 aliphatic rings. The van der Waals surface area contributed by atoms with Crippen LogP contribution in [-0.2, 0) is 16.6 Å². The number of amides is 1. The third-order valence-corrected chi connectivity index (χ3v) is 5.75. The number of nitrogens with zero attached hydrogens (tertiary/aromatic N) is 1. The van der Waals surface area contributed by atoms with Crippen LogP contribution in [0.1, 0.15) is 22.8 Å². The summed E-state index contributed by atoms with van der Waals surface area (Å²) in [6.45, 7) is 2.26. The van der Waals surface area contributed by atoms with Gasteiger partial charge in [-0.1, -0.05) is 17.7 Å². The molecule has 9 heteroatoms. The zero-order valence-electron chi connectivity index (χ0n) is 16.1. The zero-order chi connectivity index (χ0) is 21.6. The van der Waals surface area contributed by atoms with Crippen LogP contribution in [-0.4, -0.2) is 25.9 Å². The molecule has 0 bridgehead atoms. The van der Waals surface area contributed by atoms with E-state index in [1.165, 1.54) is 24.3 Å². The first-order chi connectivity index (χ1) is 14.4. The van der Waals surface area contributed by atoms with E-state index in [1.807, 2.05) is 0 Å². The Labute approximate surface area is 180 Å². The summed E-state index contributed by atoms with van der Waals surface area (Å²) in [6, 6.07) is 14.2. The highest BCUT2D eigenvalue weighted by Gasteiger charge is 2.18. The minimum Gasteiger partial charge on any atom is -0.492 e. The predicted molar refractivity (Wildman–Crippen MR) is 115 cm³/mol. The van der Waals surface area contributed by atoms with Crippen LogP contribution in [0.5, 0.6) is 5.75 Å². The van der Waals surface area contributed by atoms with Crippen molar-refractivity contribution in [2.75, 3.05) is 11.9 Å². The first kappa shape index (κ1) is 21.8. The Morgan fingerprint density at radius 2 is 1.87 bits per heavy atom. The van der Waals surface area contributed by atoms with Crippen LogP contribution in [0.25, 0.3) is 0 Å². The van der Waals surface area contributed by atoms with Crippen LogP contribution >= 0.6 is 11.6 Å². The molecule has 1 amide bonds. The molecule has 3 aromatic rings. The van der Waals surface area contributed by atoms with Crippen molar-refractivity contribution in [1.82, 2.24) is 9.71 Å². The average molecular weight is 446 g/mol. The van der Waals surface area contributed by atoms with E-state index in [9.17, 15) is 13.2 Å². The molecule has 7 nitrogen and oxygen atoms in total. The van der Waals surface area contributed by atoms with Crippen molar-refractivity contribution in [3.05, 3.63) is 83.1 Å². The van der Waals surface area contributed by atoms with Crippen molar-refractivity contribution in [2.24, 2.45) is 0 Å². The Kier molecular flexibility index (Phi) is 7.04. The van der Waals surface area contributed by atoms with E-state index in [0.29, 0.717) is 22.9 Å². The molecular formula is C21H20ClN3O4S. The van der Waals surface area contributed by atoms with Gasteiger partial charge in [-0.05, 0) is 61.0 Å². The van der Waals surface area contributed by atoms with Crippen LogP contribution in [0.15, 0.2) is 71.9 Å². The summed E-state index contributed by atoms with van der Waals surface area (Å²) >= 11 is 5.95. The maximum Gasteiger partial charge on any atom is 0.255 e. The van der Waals surface area contributed by atoms with Gasteiger partial charge in [0.1, 0.15) is 5.75 Å². The van der Waals surface area contributed by atoms with Gasteiger partial charge < -0.3 is 10.1 Å². The van der Waals surface area contributed by atoms with Gasteiger partial charge in [0.15, 0.2) is 0 Å². The normalized spacial score (nSPS) is 11.1. The molecule has 30 heavy (non-hydrogen) atoms. The molecule has 0 fully saturated rings. The fraction of sp³-hybridized carbons (Fsp3) is 0.143. The number of hydrogen-bond acceptors (Lipinski definition) is 5. The molecule has 0 unspecified atom stereocenters. The number of carbonyl (C=O) groups excluding carboxylic acids is 1. The van der Waals surface area contributed by atoms with Gasteiger partial charge in [0.05, 0.1) is 17.2 Å². The van der Waals surface area contributed by atoms with Gasteiger partial charge in [-0.3, -0.25) is 9.78 Å². The standard InChI is InChI=1S/C21H20ClN3O4S/c1-2-29-20-7-6-18(30(27,28)24-14-15-8-10-23-11-9-15)13-19(20)25-21(26)16-4-3-5-17(22)12-16/h3-13,24H,2,14H2,1H3,(H,25,26). The Bertz CT molecular complexity index is 1140. The summed E-state index contributed by atoms with van der Waals surface area (Å²) in [5, 5.41) is 3.12. The second-order valence-corrected chi connectivity index (χ2v) is 8.44. The van der Waals surface area contributed by atoms with Gasteiger partial charge in [-0.2, -0.15) is 0 Å². The van der Waals surface area contributed by atoms with Crippen LogP contribution < -0.4 is 14.8 Å². The summed E-state index contributed by atoms with van der Waals surface area (Å²) in [5.41, 5.74) is 1.36. The zero-order valence-corrected chi connectivity index (χ0v) is 17.7. The Hall–Kier alpha value is -2.94. The van der Waals surface area contributed by atoms with Crippen LogP contribution in [0.2, 0.25) is 5.02 Å². The Morgan fingerprint density at radius 3 is 2.57 bits per heavy atom. The lowest BCUT2D eigenvalue weighted by Crippen LogP contribution is -2.23. The topological polar surface area (TPSA) is 97.4 Å². The molecule has 2 aromatic carbocycles. The molecule has 0 aliphatic carbocycles. The SMILES string of the molecule is CCOc1ccc(S(=O)(=O)NCc2ccncc2)cc1NC(=O)c1cccc(Cl)c1. The lowest BCUT2D eigenvalue weighted by atomic mass is 10.2. The molecule has 3 rings (SSSR count). The summed E-state index contributed by atoms with van der Waals surface area (Å²) in [4.78, 5) is 16.5. The molecule has 0 spiro atoms. The number of nitrogens with one attached hydrogen (secondary N) is 2. The molecule has 156 valence electrons. The van der Waals surface area contributed by atoms with E-state index in [2.05, 4.69) is 15.0 Å². The number of sulfonamides is 1. The maximum atomic E-state index is 12.7. The molecule has 0 saturated carbocycles. The summed E-state index contributed by atoms with van der Waals surface area (Å²) in [7, 11) is -3.82. The van der Waals surface area contributed by atoms with Gasteiger partial charge in [0, 0.05) is 29.5 Å². The van der Waals surface area contributed by atoms with E-state index >= 15 is 0 Å². The molecule has 0 saturated heterocycles. The second-order valence-electron chi connectivity index (χ2n) is 6.24. The molecule has 0 radical (unpaired) electrons. The van der Waals surface area contributed by atoms with Crippen LogP contribution in [0.3, 0.4) is 0 Å². The van der Waals surface area contributed by atoms with Gasteiger partial charge >= 0.3 is 0 Å². The van der Waals surface area contributed by atoms with Crippen molar-refractivity contribution >= 4 is 33.2 Å². The molecule has 0 atom stereocenters. The molecule has 1 heterocycles. The lowest BCUT2D eigenvalue weighted by molar-refractivity contribution is 0.102. The number of aromatic nitrogens is 1. The van der Waals surface area contributed by atoms with Crippen molar-refractivity contribution < 1.29 is 17.9 Å². The van der Waals surface area contributed by atoms with E-state index < -0.39 is 15.9 Å². The Balaban J connectivity index is 1.85. The molecular weight excluding hydrogens is 426 g/mol. The minimum absolute atomic E-state index is 0.00130. The molecule has 1 aromatic heterocycles. The van der Waals surface area contributed by atoms with Crippen molar-refractivity contribution in [3.63, 3.8) is 0 Å². The fourth-order valence-electron chi connectivity index (χ4n) is 2.64. The fourth-order valence-corrected chi connectivity index (χ4v) is 3.88.